The molecule has 3 rings (SSSR count). The fraction of sp³-hybridized carbons (Fsp3) is 0.333. The molecule has 11 heteroatoms. The van der Waals surface area contributed by atoms with Crippen molar-refractivity contribution in [1.29, 1.82) is 0 Å². The second-order valence-corrected chi connectivity index (χ2v) is 8.75. The minimum atomic E-state index is -4.69. The Morgan fingerprint density at radius 1 is 0.938 bits per heavy atom. The van der Waals surface area contributed by atoms with Gasteiger partial charge in [0.2, 0.25) is 0 Å². The Balaban J connectivity index is 0.000000520. The third-order valence-electron chi connectivity index (χ3n) is 4.18. The molecule has 3 N–H and O–H groups in total. The van der Waals surface area contributed by atoms with E-state index in [2.05, 4.69) is 32.4 Å². The number of hydrogen-bond acceptors (Lipinski definition) is 7. The molecule has 0 unspecified atom stereocenters. The summed E-state index contributed by atoms with van der Waals surface area (Å²) in [6.45, 7) is 3.83. The van der Waals surface area contributed by atoms with E-state index < -0.39 is 7.82 Å². The van der Waals surface area contributed by atoms with Crippen molar-refractivity contribution in [2.24, 2.45) is 0 Å². The van der Waals surface area contributed by atoms with Crippen LogP contribution < -0.4 is 24.1 Å². The maximum Gasteiger partial charge on any atom is 0.524 e. The lowest BCUT2D eigenvalue weighted by Crippen LogP contribution is -2.30. The van der Waals surface area contributed by atoms with Gasteiger partial charge in [-0.1, -0.05) is 18.2 Å². The second-order valence-electron chi connectivity index (χ2n) is 6.43. The lowest BCUT2D eigenvalue weighted by molar-refractivity contribution is 0.109. The topological polar surface area (TPSA) is 116 Å². The molecule has 32 heavy (non-hydrogen) atoms. The Morgan fingerprint density at radius 3 is 2.06 bits per heavy atom. The van der Waals surface area contributed by atoms with E-state index in [0.717, 1.165) is 35.4 Å². The first-order chi connectivity index (χ1) is 15.3. The third-order valence-corrected chi connectivity index (χ3v) is 5.41. The molecule has 176 valence electrons. The zero-order valence-corrected chi connectivity index (χ0v) is 21.1. The molecule has 0 atom stereocenters. The summed E-state index contributed by atoms with van der Waals surface area (Å²) in [5.41, 5.74) is 1.55. The highest BCUT2D eigenvalue weighted by Crippen LogP contribution is 2.42. The molecule has 0 aromatic heterocycles. The second kappa shape index (κ2) is 13.0. The molecule has 2 aromatic carbocycles. The summed E-state index contributed by atoms with van der Waals surface area (Å²) < 4.78 is 37.4. The number of ether oxygens (including phenoxy) is 4. The van der Waals surface area contributed by atoms with Crippen LogP contribution in [0.1, 0.15) is 11.1 Å². The number of phosphoric ester groups is 1. The lowest BCUT2D eigenvalue weighted by Gasteiger charge is -2.12. The molecule has 1 aliphatic heterocycles. The molecule has 0 amide bonds. The minimum absolute atomic E-state index is 0.0372. The summed E-state index contributed by atoms with van der Waals surface area (Å²) in [5.74, 6) is 1.46. The number of phosphoric acid groups is 1. The van der Waals surface area contributed by atoms with Crippen molar-refractivity contribution in [3.05, 3.63) is 45.0 Å². The number of hydrogen-bond donors (Lipinski definition) is 3. The van der Waals surface area contributed by atoms with Gasteiger partial charge in [0.05, 0.1) is 38.1 Å². The van der Waals surface area contributed by atoms with Crippen LogP contribution in [0.2, 0.25) is 0 Å². The van der Waals surface area contributed by atoms with Crippen molar-refractivity contribution in [2.45, 2.75) is 0 Å². The van der Waals surface area contributed by atoms with E-state index in [1.165, 1.54) is 13.2 Å². The van der Waals surface area contributed by atoms with Crippen LogP contribution in [-0.4, -0.2) is 57.4 Å². The number of methoxy groups -OCH3 is 3. The molecular formula is C21H27INO8P. The highest BCUT2D eigenvalue weighted by molar-refractivity contribution is 14.1. The fourth-order valence-electron chi connectivity index (χ4n) is 2.74. The van der Waals surface area contributed by atoms with E-state index >= 15 is 0 Å². The number of nitrogens with one attached hydrogen (secondary N) is 1. The summed E-state index contributed by atoms with van der Waals surface area (Å²) in [5, 5.41) is 3.16. The maximum absolute atomic E-state index is 11.1. The summed E-state index contributed by atoms with van der Waals surface area (Å²) in [6.07, 6.45) is 3.62. The SMILES string of the molecule is C1COCCN1.COc1ccc(/C=C\c2cc(I)c(OC)c(OC)c2)cc1OP(=O)(O)O. The minimum Gasteiger partial charge on any atom is -0.493 e. The van der Waals surface area contributed by atoms with Crippen molar-refractivity contribution in [1.82, 2.24) is 5.32 Å². The number of halogens is 1. The quantitative estimate of drug-likeness (QED) is 0.257. The zero-order chi connectivity index (χ0) is 23.6. The van der Waals surface area contributed by atoms with E-state index in [9.17, 15) is 4.57 Å². The number of benzene rings is 2. The Morgan fingerprint density at radius 2 is 1.56 bits per heavy atom. The Bertz CT molecular complexity index is 948. The molecule has 0 radical (unpaired) electrons. The maximum atomic E-state index is 11.1. The highest BCUT2D eigenvalue weighted by Gasteiger charge is 2.19. The molecule has 1 fully saturated rings. The predicted molar refractivity (Wildman–Crippen MR) is 131 cm³/mol. The van der Waals surface area contributed by atoms with Crippen molar-refractivity contribution in [3.63, 3.8) is 0 Å². The van der Waals surface area contributed by atoms with Gasteiger partial charge in [0.25, 0.3) is 0 Å². The summed E-state index contributed by atoms with van der Waals surface area (Å²) in [6, 6.07) is 8.56. The smallest absolute Gasteiger partial charge is 0.493 e. The first-order valence-corrected chi connectivity index (χ1v) is 12.2. The van der Waals surface area contributed by atoms with Gasteiger partial charge in [0.1, 0.15) is 0 Å². The van der Waals surface area contributed by atoms with Gasteiger partial charge in [-0.05, 0) is 58.0 Å². The van der Waals surface area contributed by atoms with Crippen LogP contribution in [0.25, 0.3) is 12.2 Å². The van der Waals surface area contributed by atoms with Gasteiger partial charge in [-0.25, -0.2) is 4.57 Å². The standard InChI is InChI=1S/C17H18IO7P.C4H9NO/c1-22-14-7-6-11(9-15(14)25-26(19,20)21)4-5-12-8-13(18)17(24-3)16(10-12)23-2;1-3-6-4-2-5-1/h4-10H,1-3H3,(H2,19,20,21);5H,1-4H2/b5-4-;. The fourth-order valence-corrected chi connectivity index (χ4v) is 3.98. The van der Waals surface area contributed by atoms with Gasteiger partial charge in [-0.15, -0.1) is 0 Å². The van der Waals surface area contributed by atoms with Crippen LogP contribution in [0.5, 0.6) is 23.0 Å². The number of morpholine rings is 1. The van der Waals surface area contributed by atoms with Crippen molar-refractivity contribution < 1.29 is 37.8 Å². The third kappa shape index (κ3) is 8.61. The molecule has 1 saturated heterocycles. The largest absolute Gasteiger partial charge is 0.524 e. The van der Waals surface area contributed by atoms with Crippen LogP contribution in [-0.2, 0) is 9.30 Å². The zero-order valence-electron chi connectivity index (χ0n) is 18.0. The van der Waals surface area contributed by atoms with E-state index in [0.29, 0.717) is 17.1 Å². The van der Waals surface area contributed by atoms with E-state index in [4.69, 9.17) is 28.7 Å². The molecular weight excluding hydrogens is 552 g/mol. The highest BCUT2D eigenvalue weighted by atomic mass is 127. The number of rotatable bonds is 7. The molecule has 0 aliphatic carbocycles. The first-order valence-electron chi connectivity index (χ1n) is 9.58. The van der Waals surface area contributed by atoms with Crippen LogP contribution in [0.4, 0.5) is 0 Å². The lowest BCUT2D eigenvalue weighted by atomic mass is 10.1. The predicted octanol–water partition coefficient (Wildman–Crippen LogP) is 3.57. The van der Waals surface area contributed by atoms with E-state index in [1.807, 2.05) is 18.2 Å². The Kier molecular flexibility index (Phi) is 10.8. The normalized spacial score (nSPS) is 13.8. The molecule has 9 nitrogen and oxygen atoms in total. The molecule has 0 spiro atoms. The summed E-state index contributed by atoms with van der Waals surface area (Å²) in [7, 11) is -0.150. The van der Waals surface area contributed by atoms with Gasteiger partial charge in [-0.2, -0.15) is 0 Å². The molecule has 0 saturated carbocycles. The summed E-state index contributed by atoms with van der Waals surface area (Å²) >= 11 is 2.16. The van der Waals surface area contributed by atoms with Crippen LogP contribution in [0.15, 0.2) is 30.3 Å². The van der Waals surface area contributed by atoms with E-state index in [-0.39, 0.29) is 11.5 Å². The van der Waals surface area contributed by atoms with Crippen molar-refractivity contribution in [2.75, 3.05) is 47.6 Å². The van der Waals surface area contributed by atoms with Crippen LogP contribution >= 0.6 is 30.4 Å². The Hall–Kier alpha value is -1.82. The molecule has 1 heterocycles. The average molecular weight is 579 g/mol. The molecule has 1 aliphatic rings. The van der Waals surface area contributed by atoms with Gasteiger partial charge >= 0.3 is 7.82 Å². The Labute approximate surface area is 201 Å². The average Bonchev–Trinajstić information content (AvgIpc) is 2.78. The van der Waals surface area contributed by atoms with E-state index in [1.54, 1.807) is 32.4 Å². The molecule has 0 bridgehead atoms. The summed E-state index contributed by atoms with van der Waals surface area (Å²) in [4.78, 5) is 18.0. The first kappa shape index (κ1) is 26.4. The van der Waals surface area contributed by atoms with Crippen LogP contribution in [0, 0.1) is 3.57 Å². The van der Waals surface area contributed by atoms with Gasteiger partial charge in [0, 0.05) is 13.1 Å². The van der Waals surface area contributed by atoms with Crippen LogP contribution in [0.3, 0.4) is 0 Å². The van der Waals surface area contributed by atoms with Gasteiger partial charge in [0.15, 0.2) is 23.0 Å². The molecule has 2 aromatic rings. The van der Waals surface area contributed by atoms with Gasteiger partial charge < -0.3 is 28.8 Å². The monoisotopic (exact) mass is 579 g/mol. The van der Waals surface area contributed by atoms with Gasteiger partial charge in [-0.3, -0.25) is 9.79 Å². The van der Waals surface area contributed by atoms with Crippen molar-refractivity contribution in [3.8, 4) is 23.0 Å². The van der Waals surface area contributed by atoms with Crippen molar-refractivity contribution >= 4 is 42.6 Å².